The van der Waals surface area contributed by atoms with Crippen LogP contribution in [0.1, 0.15) is 22.5 Å². The molecular weight excluding hydrogens is 198 g/mol. The quantitative estimate of drug-likeness (QED) is 0.595. The maximum atomic E-state index is 5.48. The van der Waals surface area contributed by atoms with E-state index in [1.165, 1.54) is 0 Å². The van der Waals surface area contributed by atoms with E-state index >= 15 is 0 Å². The molecule has 0 saturated carbocycles. The molecule has 4 nitrogen and oxygen atoms in total. The first-order valence-corrected chi connectivity index (χ1v) is 5.11. The van der Waals surface area contributed by atoms with Crippen LogP contribution in [0.2, 0.25) is 0 Å². The molecule has 2 rings (SSSR count). The maximum Gasteiger partial charge on any atom is 0.191 e. The number of rotatable bonds is 3. The van der Waals surface area contributed by atoms with Crippen molar-refractivity contribution < 1.29 is 4.42 Å². The highest BCUT2D eigenvalue weighted by molar-refractivity contribution is 7.10. The minimum Gasteiger partial charge on any atom is -0.449 e. The molecule has 0 aromatic carbocycles. The van der Waals surface area contributed by atoms with Crippen molar-refractivity contribution in [2.24, 2.45) is 5.84 Å². The Bertz CT molecular complexity index is 396. The molecule has 1 unspecified atom stereocenters. The van der Waals surface area contributed by atoms with E-state index in [4.69, 9.17) is 10.3 Å². The summed E-state index contributed by atoms with van der Waals surface area (Å²) in [6.07, 6.45) is 1.62. The summed E-state index contributed by atoms with van der Waals surface area (Å²) in [6, 6.07) is 3.92. The fourth-order valence-electron chi connectivity index (χ4n) is 1.28. The van der Waals surface area contributed by atoms with Crippen LogP contribution in [0.4, 0.5) is 0 Å². The molecule has 0 bridgehead atoms. The van der Waals surface area contributed by atoms with Crippen molar-refractivity contribution in [3.63, 3.8) is 0 Å². The lowest BCUT2D eigenvalue weighted by atomic mass is 10.2. The maximum absolute atomic E-state index is 5.48. The van der Waals surface area contributed by atoms with Crippen molar-refractivity contribution in [2.75, 3.05) is 0 Å². The standard InChI is InChI=1S/C9H11N3OS/c1-6-11-7(5-13-6)9(12-10)8-3-2-4-14-8/h2-5,9,12H,10H2,1H3. The van der Waals surface area contributed by atoms with Crippen molar-refractivity contribution in [3.05, 3.63) is 40.2 Å². The second-order valence-corrected chi connectivity index (χ2v) is 3.89. The number of thiophene rings is 1. The van der Waals surface area contributed by atoms with Gasteiger partial charge in [-0.2, -0.15) is 0 Å². The topological polar surface area (TPSA) is 64.1 Å². The van der Waals surface area contributed by atoms with Gasteiger partial charge >= 0.3 is 0 Å². The Morgan fingerprint density at radius 1 is 1.64 bits per heavy atom. The molecule has 2 aromatic rings. The van der Waals surface area contributed by atoms with Crippen LogP contribution in [-0.4, -0.2) is 4.98 Å². The Morgan fingerprint density at radius 2 is 2.50 bits per heavy atom. The van der Waals surface area contributed by atoms with Crippen molar-refractivity contribution in [1.82, 2.24) is 10.4 Å². The molecule has 1 atom stereocenters. The van der Waals surface area contributed by atoms with Gasteiger partial charge in [-0.3, -0.25) is 5.84 Å². The van der Waals surface area contributed by atoms with Gasteiger partial charge in [0, 0.05) is 11.8 Å². The van der Waals surface area contributed by atoms with Crippen molar-refractivity contribution in [3.8, 4) is 0 Å². The zero-order valence-electron chi connectivity index (χ0n) is 7.73. The van der Waals surface area contributed by atoms with E-state index in [1.54, 1.807) is 17.6 Å². The second kappa shape index (κ2) is 3.91. The molecule has 0 aliphatic rings. The summed E-state index contributed by atoms with van der Waals surface area (Å²) in [5.74, 6) is 6.13. The van der Waals surface area contributed by atoms with E-state index in [9.17, 15) is 0 Å². The molecule has 0 radical (unpaired) electrons. The molecule has 0 aliphatic heterocycles. The third-order valence-electron chi connectivity index (χ3n) is 1.93. The van der Waals surface area contributed by atoms with E-state index < -0.39 is 0 Å². The Labute approximate surface area is 85.7 Å². The number of nitrogens with zero attached hydrogens (tertiary/aromatic N) is 1. The SMILES string of the molecule is Cc1nc(C(NN)c2cccs2)co1. The first-order chi connectivity index (χ1) is 6.81. The van der Waals surface area contributed by atoms with Crippen LogP contribution in [0.3, 0.4) is 0 Å². The molecule has 2 aromatic heterocycles. The van der Waals surface area contributed by atoms with Crippen LogP contribution in [0.25, 0.3) is 0 Å². The molecule has 5 heteroatoms. The number of oxazole rings is 1. The molecule has 3 N–H and O–H groups in total. The minimum absolute atomic E-state index is 0.0764. The van der Waals surface area contributed by atoms with Gasteiger partial charge in [0.05, 0.1) is 0 Å². The van der Waals surface area contributed by atoms with E-state index in [0.717, 1.165) is 10.6 Å². The highest BCUT2D eigenvalue weighted by atomic mass is 32.1. The van der Waals surface area contributed by atoms with Gasteiger partial charge in [-0.25, -0.2) is 10.4 Å². The third kappa shape index (κ3) is 1.70. The number of nitrogens with two attached hydrogens (primary N) is 1. The summed E-state index contributed by atoms with van der Waals surface area (Å²) in [5.41, 5.74) is 3.53. The molecule has 0 amide bonds. The zero-order chi connectivity index (χ0) is 9.97. The molecule has 74 valence electrons. The van der Waals surface area contributed by atoms with Gasteiger partial charge in [-0.15, -0.1) is 11.3 Å². The molecule has 14 heavy (non-hydrogen) atoms. The van der Waals surface area contributed by atoms with Gasteiger partial charge in [0.1, 0.15) is 18.0 Å². The van der Waals surface area contributed by atoms with Gasteiger partial charge in [0.2, 0.25) is 0 Å². The van der Waals surface area contributed by atoms with Gasteiger partial charge in [-0.05, 0) is 11.4 Å². The average molecular weight is 209 g/mol. The Hall–Kier alpha value is -1.17. The third-order valence-corrected chi connectivity index (χ3v) is 2.86. The first kappa shape index (κ1) is 9.39. The first-order valence-electron chi connectivity index (χ1n) is 4.23. The highest BCUT2D eigenvalue weighted by Gasteiger charge is 2.16. The van der Waals surface area contributed by atoms with Crippen molar-refractivity contribution >= 4 is 11.3 Å². The lowest BCUT2D eigenvalue weighted by Crippen LogP contribution is -2.28. The molecule has 0 fully saturated rings. The monoisotopic (exact) mass is 209 g/mol. The summed E-state index contributed by atoms with van der Waals surface area (Å²) in [6.45, 7) is 1.81. The summed E-state index contributed by atoms with van der Waals surface area (Å²) >= 11 is 1.64. The largest absolute Gasteiger partial charge is 0.449 e. The zero-order valence-corrected chi connectivity index (χ0v) is 8.54. The normalized spacial score (nSPS) is 13.0. The van der Waals surface area contributed by atoms with Crippen LogP contribution in [0, 0.1) is 6.92 Å². The van der Waals surface area contributed by atoms with Gasteiger partial charge in [0.15, 0.2) is 5.89 Å². The Morgan fingerprint density at radius 3 is 3.00 bits per heavy atom. The fourth-order valence-corrected chi connectivity index (χ4v) is 2.08. The number of aryl methyl sites for hydroxylation is 1. The molecule has 0 saturated heterocycles. The number of hydrogen-bond donors (Lipinski definition) is 2. The highest BCUT2D eigenvalue weighted by Crippen LogP contribution is 2.24. The van der Waals surface area contributed by atoms with Crippen LogP contribution in [0.15, 0.2) is 28.2 Å². The smallest absolute Gasteiger partial charge is 0.191 e. The number of hydrazine groups is 1. The van der Waals surface area contributed by atoms with E-state index in [1.807, 2.05) is 24.4 Å². The fraction of sp³-hybridized carbons (Fsp3) is 0.222. The molecule has 2 heterocycles. The van der Waals surface area contributed by atoms with E-state index in [0.29, 0.717) is 5.89 Å². The summed E-state index contributed by atoms with van der Waals surface area (Å²) in [7, 11) is 0. The van der Waals surface area contributed by atoms with Crippen molar-refractivity contribution in [2.45, 2.75) is 13.0 Å². The lowest BCUT2D eigenvalue weighted by molar-refractivity contribution is 0.518. The van der Waals surface area contributed by atoms with Crippen LogP contribution >= 0.6 is 11.3 Å². The summed E-state index contributed by atoms with van der Waals surface area (Å²) in [4.78, 5) is 5.36. The van der Waals surface area contributed by atoms with Crippen LogP contribution in [0.5, 0.6) is 0 Å². The lowest BCUT2D eigenvalue weighted by Gasteiger charge is -2.09. The van der Waals surface area contributed by atoms with E-state index in [-0.39, 0.29) is 6.04 Å². The number of nitrogens with one attached hydrogen (secondary N) is 1. The minimum atomic E-state index is -0.0764. The summed E-state index contributed by atoms with van der Waals surface area (Å²) < 4.78 is 5.14. The van der Waals surface area contributed by atoms with Gasteiger partial charge in [0.25, 0.3) is 0 Å². The molecule has 0 aliphatic carbocycles. The predicted octanol–water partition coefficient (Wildman–Crippen LogP) is 1.60. The Balaban J connectivity index is 2.31. The van der Waals surface area contributed by atoms with E-state index in [2.05, 4.69) is 10.4 Å². The number of hydrogen-bond acceptors (Lipinski definition) is 5. The van der Waals surface area contributed by atoms with Crippen LogP contribution < -0.4 is 11.3 Å². The van der Waals surface area contributed by atoms with Crippen molar-refractivity contribution in [1.29, 1.82) is 0 Å². The Kier molecular flexibility index (Phi) is 2.62. The molecule has 0 spiro atoms. The average Bonchev–Trinajstić information content (AvgIpc) is 2.79. The van der Waals surface area contributed by atoms with Gasteiger partial charge in [-0.1, -0.05) is 6.07 Å². The summed E-state index contributed by atoms with van der Waals surface area (Å²) in [5, 5.41) is 2.01. The second-order valence-electron chi connectivity index (χ2n) is 2.91. The van der Waals surface area contributed by atoms with Crippen LogP contribution in [-0.2, 0) is 0 Å². The van der Waals surface area contributed by atoms with Gasteiger partial charge < -0.3 is 4.42 Å². The number of aromatic nitrogens is 1. The molecular formula is C9H11N3OS. The predicted molar refractivity (Wildman–Crippen MR) is 54.7 cm³/mol.